The number of hydrogen-bond acceptors (Lipinski definition) is 0. The van der Waals surface area contributed by atoms with Crippen molar-refractivity contribution in [3.8, 4) is 0 Å². The minimum absolute atomic E-state index is 0.979. The zero-order chi connectivity index (χ0) is 14.4. The molecule has 0 rings (SSSR count). The van der Waals surface area contributed by atoms with Crippen molar-refractivity contribution in [2.24, 2.45) is 0 Å². The second-order valence-electron chi connectivity index (χ2n) is 8.09. The van der Waals surface area contributed by atoms with Crippen LogP contribution in [0.5, 0.6) is 0 Å². The van der Waals surface area contributed by atoms with E-state index in [0.717, 1.165) is 0 Å². The molecule has 0 aliphatic heterocycles. The maximum absolute atomic E-state index is 3.77. The number of unbranched alkanes of at least 4 members (excludes halogenated alkanes) is 1. The van der Waals surface area contributed by atoms with Crippen molar-refractivity contribution in [1.29, 1.82) is 0 Å². The van der Waals surface area contributed by atoms with Crippen molar-refractivity contribution in [2.45, 2.75) is 84.5 Å². The van der Waals surface area contributed by atoms with E-state index in [9.17, 15) is 0 Å². The summed E-state index contributed by atoms with van der Waals surface area (Å²) in [6.07, 6.45) is 3.89. The molecule has 2 heteroatoms. The average Bonchev–Trinajstić information content (AvgIpc) is 2.08. The molecule has 106 valence electrons. The van der Waals surface area contributed by atoms with Gasteiger partial charge in [0.15, 0.2) is 0 Å². The van der Waals surface area contributed by atoms with Crippen molar-refractivity contribution in [2.75, 3.05) is 0 Å². The van der Waals surface area contributed by atoms with Crippen LogP contribution in [0.4, 0.5) is 0 Å². The molecular weight excluding hydrogens is 248 g/mol. The van der Waals surface area contributed by atoms with Crippen molar-refractivity contribution in [1.82, 2.24) is 0 Å². The van der Waals surface area contributed by atoms with Crippen LogP contribution < -0.4 is 0 Å². The molecule has 18 heavy (non-hydrogen) atoms. The van der Waals surface area contributed by atoms with E-state index >= 15 is 0 Å². The van der Waals surface area contributed by atoms with Gasteiger partial charge in [0.1, 0.15) is 0 Å². The standard InChI is InChI=1S/C16H34Si2/c1-9-10-11-16(14-18(6,7)8)12-15(2)13-17(3,4)5/h9-11,13-14H2,1-8H3. The molecular formula is C16H34Si2. The molecule has 0 radical (unpaired) electrons. The predicted octanol–water partition coefficient (Wildman–Crippen LogP) is 6.32. The van der Waals surface area contributed by atoms with E-state index in [-0.39, 0.29) is 0 Å². The van der Waals surface area contributed by atoms with Crippen molar-refractivity contribution in [3.05, 3.63) is 16.9 Å². The van der Waals surface area contributed by atoms with Crippen molar-refractivity contribution < 1.29 is 0 Å². The van der Waals surface area contributed by atoms with Gasteiger partial charge in [-0.25, -0.2) is 0 Å². The Balaban J connectivity index is 4.97. The topological polar surface area (TPSA) is 0 Å². The summed E-state index contributed by atoms with van der Waals surface area (Å²) in [5.41, 5.74) is 6.87. The molecule has 0 aromatic heterocycles. The summed E-state index contributed by atoms with van der Waals surface area (Å²) < 4.78 is 0. The van der Waals surface area contributed by atoms with Gasteiger partial charge in [0.05, 0.1) is 0 Å². The van der Waals surface area contributed by atoms with Gasteiger partial charge in [-0.2, -0.15) is 0 Å². The lowest BCUT2D eigenvalue weighted by Crippen LogP contribution is -2.20. The summed E-state index contributed by atoms with van der Waals surface area (Å²) in [6.45, 7) is 19.3. The minimum Gasteiger partial charge on any atom is -0.124 e. The van der Waals surface area contributed by atoms with Crippen molar-refractivity contribution >= 4 is 16.1 Å². The van der Waals surface area contributed by atoms with Crippen LogP contribution >= 0.6 is 0 Å². The smallest absolute Gasteiger partial charge is 0.0490 e. The Morgan fingerprint density at radius 3 is 1.78 bits per heavy atom. The third kappa shape index (κ3) is 11.1. The third-order valence-corrected chi connectivity index (χ3v) is 5.84. The Morgan fingerprint density at radius 2 is 1.39 bits per heavy atom. The van der Waals surface area contributed by atoms with Gasteiger partial charge < -0.3 is 0 Å². The van der Waals surface area contributed by atoms with Gasteiger partial charge in [0.25, 0.3) is 0 Å². The van der Waals surface area contributed by atoms with E-state index in [1.165, 1.54) is 36.9 Å². The highest BCUT2D eigenvalue weighted by atomic mass is 28.3. The summed E-state index contributed by atoms with van der Waals surface area (Å²) in [7, 11) is -1.98. The number of rotatable bonds is 7. The second-order valence-corrected chi connectivity index (χ2v) is 19.0. The lowest BCUT2D eigenvalue weighted by atomic mass is 10.1. The van der Waals surface area contributed by atoms with E-state index in [2.05, 4.69) is 58.9 Å². The van der Waals surface area contributed by atoms with E-state index < -0.39 is 16.1 Å². The summed E-state index contributed by atoms with van der Waals surface area (Å²) in [5, 5.41) is 0. The van der Waals surface area contributed by atoms with Crippen LogP contribution in [0.25, 0.3) is 0 Å². The maximum atomic E-state index is 3.77. The van der Waals surface area contributed by atoms with Crippen LogP contribution in [0.15, 0.2) is 16.9 Å². The molecule has 0 unspecified atom stereocenters. The third-order valence-electron chi connectivity index (χ3n) is 2.76. The van der Waals surface area contributed by atoms with Gasteiger partial charge in [-0.15, -0.1) is 5.73 Å². The number of allylic oxidation sites excluding steroid dienone is 1. The maximum Gasteiger partial charge on any atom is 0.0490 e. The normalized spacial score (nSPS) is 12.2. The molecule has 0 fully saturated rings. The molecule has 0 amide bonds. The lowest BCUT2D eigenvalue weighted by molar-refractivity contribution is 0.785. The second kappa shape index (κ2) is 7.52. The first-order valence-corrected chi connectivity index (χ1v) is 14.9. The molecule has 0 N–H and O–H groups in total. The van der Waals surface area contributed by atoms with Crippen molar-refractivity contribution in [3.63, 3.8) is 0 Å². The van der Waals surface area contributed by atoms with Gasteiger partial charge in [0.2, 0.25) is 0 Å². The highest BCUT2D eigenvalue weighted by Gasteiger charge is 2.16. The molecule has 0 aromatic rings. The Labute approximate surface area is 118 Å². The molecule has 0 atom stereocenters. The van der Waals surface area contributed by atoms with E-state index in [1.54, 1.807) is 5.57 Å². The molecule has 0 spiro atoms. The summed E-state index contributed by atoms with van der Waals surface area (Å²) in [4.78, 5) is 0. The Morgan fingerprint density at radius 1 is 0.889 bits per heavy atom. The van der Waals surface area contributed by atoms with E-state index in [0.29, 0.717) is 0 Å². The van der Waals surface area contributed by atoms with Gasteiger partial charge in [0, 0.05) is 16.1 Å². The minimum atomic E-state index is -0.997. The summed E-state index contributed by atoms with van der Waals surface area (Å²) in [6, 6.07) is 2.63. The monoisotopic (exact) mass is 282 g/mol. The van der Waals surface area contributed by atoms with Gasteiger partial charge in [-0.3, -0.25) is 0 Å². The van der Waals surface area contributed by atoms with Gasteiger partial charge in [-0.05, 0) is 43.0 Å². The molecule has 0 aromatic carbocycles. The highest BCUT2D eigenvalue weighted by molar-refractivity contribution is 6.77. The van der Waals surface area contributed by atoms with Crippen LogP contribution in [0, 0.1) is 0 Å². The number of hydrogen-bond donors (Lipinski definition) is 0. The first kappa shape index (κ1) is 18.0. The Hall–Kier alpha value is -0.0462. The molecule has 0 bridgehead atoms. The molecule has 0 saturated carbocycles. The van der Waals surface area contributed by atoms with Crippen LogP contribution in [0.1, 0.15) is 33.1 Å². The summed E-state index contributed by atoms with van der Waals surface area (Å²) in [5.74, 6) is 0. The molecule has 0 nitrogen and oxygen atoms in total. The molecule has 0 heterocycles. The highest BCUT2D eigenvalue weighted by Crippen LogP contribution is 2.22. The Bertz CT molecular complexity index is 307. The lowest BCUT2D eigenvalue weighted by Gasteiger charge is -2.18. The van der Waals surface area contributed by atoms with E-state index in [4.69, 9.17) is 0 Å². The predicted molar refractivity (Wildman–Crippen MR) is 92.0 cm³/mol. The fraction of sp³-hybridized carbons (Fsp3) is 0.812. The van der Waals surface area contributed by atoms with Crippen LogP contribution in [-0.2, 0) is 0 Å². The van der Waals surface area contributed by atoms with Gasteiger partial charge in [-0.1, -0.05) is 52.6 Å². The SMILES string of the molecule is CCCCC(=C=C(C)C[Si](C)(C)C)C[Si](C)(C)C. The fourth-order valence-corrected chi connectivity index (χ4v) is 5.59. The van der Waals surface area contributed by atoms with Crippen LogP contribution in [0.2, 0.25) is 51.4 Å². The molecule has 0 aliphatic carbocycles. The molecule has 0 saturated heterocycles. The largest absolute Gasteiger partial charge is 0.124 e. The first-order chi connectivity index (χ1) is 8.03. The van der Waals surface area contributed by atoms with Crippen LogP contribution in [-0.4, -0.2) is 16.1 Å². The average molecular weight is 283 g/mol. The summed E-state index contributed by atoms with van der Waals surface area (Å²) >= 11 is 0. The van der Waals surface area contributed by atoms with Crippen LogP contribution in [0.3, 0.4) is 0 Å². The zero-order valence-electron chi connectivity index (χ0n) is 14.0. The van der Waals surface area contributed by atoms with E-state index in [1.807, 2.05) is 0 Å². The quantitative estimate of drug-likeness (QED) is 0.378. The Kier molecular flexibility index (Phi) is 7.50. The first-order valence-electron chi connectivity index (χ1n) is 7.47. The fourth-order valence-electron chi connectivity index (χ4n) is 2.37. The van der Waals surface area contributed by atoms with Gasteiger partial charge >= 0.3 is 0 Å². The zero-order valence-corrected chi connectivity index (χ0v) is 16.0. The molecule has 0 aliphatic rings.